The van der Waals surface area contributed by atoms with Gasteiger partial charge in [-0.2, -0.15) is 0 Å². The van der Waals surface area contributed by atoms with Gasteiger partial charge in [-0.1, -0.05) is 17.7 Å². The first kappa shape index (κ1) is 14.3. The van der Waals surface area contributed by atoms with E-state index < -0.39 is 23.2 Å². The lowest BCUT2D eigenvalue weighted by atomic mass is 10.1. The summed E-state index contributed by atoms with van der Waals surface area (Å²) >= 11 is 5.60. The molecule has 2 aromatic carbocycles. The molecule has 0 aromatic heterocycles. The van der Waals surface area contributed by atoms with Gasteiger partial charge in [0.25, 0.3) is 0 Å². The third-order valence-electron chi connectivity index (χ3n) is 2.56. The summed E-state index contributed by atoms with van der Waals surface area (Å²) in [5, 5.41) is 8.63. The van der Waals surface area contributed by atoms with E-state index in [1.54, 1.807) is 0 Å². The van der Waals surface area contributed by atoms with Crippen LogP contribution in [-0.4, -0.2) is 11.1 Å². The van der Waals surface area contributed by atoms with Crippen molar-refractivity contribution < 1.29 is 23.4 Å². The van der Waals surface area contributed by atoms with Crippen LogP contribution in [-0.2, 0) is 6.61 Å². The van der Waals surface area contributed by atoms with Crippen molar-refractivity contribution >= 4 is 17.6 Å². The van der Waals surface area contributed by atoms with Crippen LogP contribution in [0.1, 0.15) is 15.9 Å². The molecule has 0 fully saturated rings. The Balaban J connectivity index is 2.09. The zero-order chi connectivity index (χ0) is 14.7. The fourth-order valence-electron chi connectivity index (χ4n) is 1.56. The van der Waals surface area contributed by atoms with Crippen LogP contribution in [0.25, 0.3) is 0 Å². The van der Waals surface area contributed by atoms with E-state index in [4.69, 9.17) is 21.4 Å². The molecular weight excluding hydrogens is 290 g/mol. The lowest BCUT2D eigenvalue weighted by Crippen LogP contribution is -2.03. The topological polar surface area (TPSA) is 46.5 Å². The summed E-state index contributed by atoms with van der Waals surface area (Å²) in [6.07, 6.45) is 0. The van der Waals surface area contributed by atoms with Gasteiger partial charge in [0.1, 0.15) is 24.0 Å². The quantitative estimate of drug-likeness (QED) is 0.931. The van der Waals surface area contributed by atoms with Crippen molar-refractivity contribution in [1.82, 2.24) is 0 Å². The highest BCUT2D eigenvalue weighted by molar-refractivity contribution is 6.30. The molecule has 0 saturated carbocycles. The molecule has 0 atom stereocenters. The van der Waals surface area contributed by atoms with Gasteiger partial charge in [-0.15, -0.1) is 0 Å². The summed E-state index contributed by atoms with van der Waals surface area (Å²) in [6, 6.07) is 7.54. The van der Waals surface area contributed by atoms with Gasteiger partial charge in [-0.05, 0) is 29.8 Å². The molecule has 0 bridgehead atoms. The number of rotatable bonds is 4. The molecule has 0 heterocycles. The molecule has 104 valence electrons. The molecule has 2 aromatic rings. The Hall–Kier alpha value is -2.14. The second kappa shape index (κ2) is 5.88. The van der Waals surface area contributed by atoms with E-state index >= 15 is 0 Å². The van der Waals surface area contributed by atoms with Gasteiger partial charge in [-0.25, -0.2) is 13.6 Å². The summed E-state index contributed by atoms with van der Waals surface area (Å²) in [6.45, 7) is 0.0127. The van der Waals surface area contributed by atoms with Crippen molar-refractivity contribution in [3.8, 4) is 5.75 Å². The number of ether oxygens (including phenoxy) is 1. The van der Waals surface area contributed by atoms with Gasteiger partial charge in [0.05, 0.1) is 10.6 Å². The number of hydrogen-bond donors (Lipinski definition) is 1. The first-order valence-corrected chi connectivity index (χ1v) is 5.95. The van der Waals surface area contributed by atoms with Gasteiger partial charge in [0.15, 0.2) is 0 Å². The van der Waals surface area contributed by atoms with Crippen molar-refractivity contribution in [2.45, 2.75) is 6.61 Å². The molecule has 6 heteroatoms. The Bertz CT molecular complexity index is 659. The highest BCUT2D eigenvalue weighted by Gasteiger charge is 2.10. The van der Waals surface area contributed by atoms with Crippen molar-refractivity contribution in [2.75, 3.05) is 0 Å². The molecule has 0 aliphatic heterocycles. The first-order valence-electron chi connectivity index (χ1n) is 5.57. The van der Waals surface area contributed by atoms with Crippen molar-refractivity contribution in [2.24, 2.45) is 0 Å². The lowest BCUT2D eigenvalue weighted by Gasteiger charge is -2.07. The molecule has 0 unspecified atom stereocenters. The second-order valence-corrected chi connectivity index (χ2v) is 4.39. The Labute approximate surface area is 118 Å². The van der Waals surface area contributed by atoms with Gasteiger partial charge in [0.2, 0.25) is 0 Å². The van der Waals surface area contributed by atoms with Crippen molar-refractivity contribution in [3.63, 3.8) is 0 Å². The summed E-state index contributed by atoms with van der Waals surface area (Å²) in [5.41, 5.74) is 0.0477. The van der Waals surface area contributed by atoms with Crippen LogP contribution in [0.5, 0.6) is 5.75 Å². The monoisotopic (exact) mass is 298 g/mol. The maximum atomic E-state index is 13.4. The average molecular weight is 299 g/mol. The highest BCUT2D eigenvalue weighted by Crippen LogP contribution is 2.22. The Morgan fingerprint density at radius 2 is 1.90 bits per heavy atom. The van der Waals surface area contributed by atoms with Crippen LogP contribution in [0.2, 0.25) is 5.02 Å². The number of carboxylic acid groups (broad SMARTS) is 1. The van der Waals surface area contributed by atoms with E-state index in [0.29, 0.717) is 11.3 Å². The van der Waals surface area contributed by atoms with E-state index in [9.17, 15) is 13.6 Å². The molecular formula is C14H9ClF2O3. The maximum Gasteiger partial charge on any atom is 0.338 e. The van der Waals surface area contributed by atoms with E-state index in [0.717, 1.165) is 18.2 Å². The predicted molar refractivity (Wildman–Crippen MR) is 69.1 cm³/mol. The van der Waals surface area contributed by atoms with Crippen LogP contribution >= 0.6 is 11.6 Å². The number of aromatic carboxylic acids is 1. The SMILES string of the molecule is O=C(O)c1ccc(COc2ccc(F)c(Cl)c2)cc1F. The van der Waals surface area contributed by atoms with E-state index in [1.165, 1.54) is 18.2 Å². The minimum absolute atomic E-state index is 0.0127. The fourth-order valence-corrected chi connectivity index (χ4v) is 1.73. The summed E-state index contributed by atoms with van der Waals surface area (Å²) in [7, 11) is 0. The largest absolute Gasteiger partial charge is 0.489 e. The third-order valence-corrected chi connectivity index (χ3v) is 2.85. The molecule has 0 saturated heterocycles. The summed E-state index contributed by atoms with van der Waals surface area (Å²) < 4.78 is 31.7. The van der Waals surface area contributed by atoms with Crippen LogP contribution in [0.15, 0.2) is 36.4 Å². The fraction of sp³-hybridized carbons (Fsp3) is 0.0714. The average Bonchev–Trinajstić information content (AvgIpc) is 2.40. The number of benzene rings is 2. The molecule has 20 heavy (non-hydrogen) atoms. The molecule has 0 radical (unpaired) electrons. The van der Waals surface area contributed by atoms with Gasteiger partial charge in [0, 0.05) is 6.07 Å². The molecule has 0 aliphatic carbocycles. The Kier molecular flexibility index (Phi) is 4.20. The van der Waals surface area contributed by atoms with Crippen LogP contribution in [0.3, 0.4) is 0 Å². The Morgan fingerprint density at radius 3 is 2.50 bits per heavy atom. The molecule has 2 rings (SSSR count). The lowest BCUT2D eigenvalue weighted by molar-refractivity contribution is 0.0692. The van der Waals surface area contributed by atoms with Crippen LogP contribution < -0.4 is 4.74 Å². The zero-order valence-electron chi connectivity index (χ0n) is 10.1. The summed E-state index contributed by atoms with van der Waals surface area (Å²) in [4.78, 5) is 10.7. The van der Waals surface area contributed by atoms with Gasteiger partial charge >= 0.3 is 5.97 Å². The Morgan fingerprint density at radius 1 is 1.15 bits per heavy atom. The van der Waals surface area contributed by atoms with Gasteiger partial charge < -0.3 is 9.84 Å². The number of carbonyl (C=O) groups is 1. The first-order chi connectivity index (χ1) is 9.47. The van der Waals surface area contributed by atoms with Crippen molar-refractivity contribution in [1.29, 1.82) is 0 Å². The normalized spacial score (nSPS) is 10.3. The minimum atomic E-state index is -1.33. The minimum Gasteiger partial charge on any atom is -0.489 e. The zero-order valence-corrected chi connectivity index (χ0v) is 10.8. The summed E-state index contributed by atoms with van der Waals surface area (Å²) in [5.74, 6) is -2.40. The van der Waals surface area contributed by atoms with Gasteiger partial charge in [-0.3, -0.25) is 0 Å². The predicted octanol–water partition coefficient (Wildman–Crippen LogP) is 3.90. The van der Waals surface area contributed by atoms with Crippen molar-refractivity contribution in [3.05, 3.63) is 64.2 Å². The van der Waals surface area contributed by atoms with E-state index in [2.05, 4.69) is 0 Å². The molecule has 0 aliphatic rings. The van der Waals surface area contributed by atoms with E-state index in [1.807, 2.05) is 0 Å². The standard InChI is InChI=1S/C14H9ClF2O3/c15-11-6-9(2-4-12(11)16)20-7-8-1-3-10(14(18)19)13(17)5-8/h1-6H,7H2,(H,18,19). The smallest absolute Gasteiger partial charge is 0.338 e. The number of carboxylic acids is 1. The highest BCUT2D eigenvalue weighted by atomic mass is 35.5. The molecule has 1 N–H and O–H groups in total. The number of hydrogen-bond acceptors (Lipinski definition) is 2. The second-order valence-electron chi connectivity index (χ2n) is 3.98. The molecule has 0 spiro atoms. The molecule has 0 amide bonds. The maximum absolute atomic E-state index is 13.4. The third kappa shape index (κ3) is 3.24. The number of halogens is 3. The van der Waals surface area contributed by atoms with Crippen LogP contribution in [0.4, 0.5) is 8.78 Å². The molecule has 3 nitrogen and oxygen atoms in total. The van der Waals surface area contributed by atoms with Crippen LogP contribution in [0, 0.1) is 11.6 Å². The van der Waals surface area contributed by atoms with E-state index in [-0.39, 0.29) is 11.6 Å².